The predicted octanol–water partition coefficient (Wildman–Crippen LogP) is 0.0215. The summed E-state index contributed by atoms with van der Waals surface area (Å²) in [5.74, 6) is 0. The first-order chi connectivity index (χ1) is 5.68. The van der Waals surface area contributed by atoms with Gasteiger partial charge in [-0.3, -0.25) is 0 Å². The van der Waals surface area contributed by atoms with Crippen LogP contribution < -0.4 is 0 Å². The average Bonchev–Trinajstić information content (AvgIpc) is 2.37. The van der Waals surface area contributed by atoms with E-state index in [-0.39, 0.29) is 6.10 Å². The van der Waals surface area contributed by atoms with E-state index in [0.29, 0.717) is 6.54 Å². The Morgan fingerprint density at radius 2 is 2.33 bits per heavy atom. The summed E-state index contributed by atoms with van der Waals surface area (Å²) in [7, 11) is 0. The molecule has 0 saturated carbocycles. The molecule has 12 heavy (non-hydrogen) atoms. The number of aliphatic hydroxyl groups excluding tert-OH is 1. The third kappa shape index (κ3) is 2.98. The van der Waals surface area contributed by atoms with Crippen molar-refractivity contribution in [3.63, 3.8) is 0 Å². The molecule has 0 radical (unpaired) electrons. The molecule has 0 bridgehead atoms. The zero-order chi connectivity index (χ0) is 8.97. The molecule has 1 heterocycles. The van der Waals surface area contributed by atoms with Crippen molar-refractivity contribution in [3.05, 3.63) is 12.7 Å². The Balaban J connectivity index is 2.32. The monoisotopic (exact) mass is 171 g/mol. The Kier molecular flexibility index (Phi) is 3.19. The van der Waals surface area contributed by atoms with Gasteiger partial charge in [0, 0.05) is 0 Å². The van der Waals surface area contributed by atoms with Crippen molar-refractivity contribution in [3.8, 4) is 0 Å². The van der Waals surface area contributed by atoms with Crippen molar-refractivity contribution in [1.29, 1.82) is 0 Å². The molecule has 1 unspecified atom stereocenters. The highest BCUT2D eigenvalue weighted by atomic mass is 16.6. The summed E-state index contributed by atoms with van der Waals surface area (Å²) in [4.78, 5) is 3.74. The minimum absolute atomic E-state index is 0.0171. The van der Waals surface area contributed by atoms with E-state index < -0.39 is 6.29 Å². The second-order valence-electron chi connectivity index (χ2n) is 2.76. The highest BCUT2D eigenvalue weighted by molar-refractivity contribution is 4.57. The number of rotatable bonds is 4. The molecule has 0 aliphatic carbocycles. The first-order valence-electron chi connectivity index (χ1n) is 3.84. The molecule has 1 aromatic heterocycles. The summed E-state index contributed by atoms with van der Waals surface area (Å²) in [6, 6.07) is 0. The van der Waals surface area contributed by atoms with Crippen LogP contribution in [0.3, 0.4) is 0 Å². The number of hydrogen-bond donors (Lipinski definition) is 1. The molecule has 0 aromatic carbocycles. The summed E-state index contributed by atoms with van der Waals surface area (Å²) >= 11 is 0. The maximum Gasteiger partial charge on any atom is 0.174 e. The van der Waals surface area contributed by atoms with Gasteiger partial charge in [0.2, 0.25) is 0 Å². The molecule has 68 valence electrons. The van der Waals surface area contributed by atoms with E-state index in [0.717, 1.165) is 0 Å². The van der Waals surface area contributed by atoms with E-state index in [9.17, 15) is 5.11 Å². The lowest BCUT2D eigenvalue weighted by molar-refractivity contribution is -0.134. The summed E-state index contributed by atoms with van der Waals surface area (Å²) in [5.41, 5.74) is 0. The van der Waals surface area contributed by atoms with Crippen LogP contribution in [-0.4, -0.2) is 32.3 Å². The van der Waals surface area contributed by atoms with Gasteiger partial charge in [0.05, 0.1) is 12.6 Å². The van der Waals surface area contributed by atoms with Gasteiger partial charge in [0.15, 0.2) is 6.29 Å². The Morgan fingerprint density at radius 3 is 2.83 bits per heavy atom. The van der Waals surface area contributed by atoms with Gasteiger partial charge in [-0.15, -0.1) is 0 Å². The standard InChI is InChI=1S/C7H13N3O2/c1-6(2)12-7(11)3-10-5-8-4-9-10/h4-7,11H,3H2,1-2H3. The molecule has 0 spiro atoms. The smallest absolute Gasteiger partial charge is 0.174 e. The minimum Gasteiger partial charge on any atom is -0.366 e. The van der Waals surface area contributed by atoms with Crippen molar-refractivity contribution in [1.82, 2.24) is 14.8 Å². The molecule has 0 saturated heterocycles. The molecule has 5 heteroatoms. The van der Waals surface area contributed by atoms with Crippen LogP contribution >= 0.6 is 0 Å². The van der Waals surface area contributed by atoms with Gasteiger partial charge in [-0.05, 0) is 13.8 Å². The molecular weight excluding hydrogens is 158 g/mol. The molecule has 1 aromatic rings. The summed E-state index contributed by atoms with van der Waals surface area (Å²) in [6.45, 7) is 4.05. The Morgan fingerprint density at radius 1 is 1.58 bits per heavy atom. The van der Waals surface area contributed by atoms with Crippen molar-refractivity contribution in [2.45, 2.75) is 32.8 Å². The van der Waals surface area contributed by atoms with Gasteiger partial charge in [0.25, 0.3) is 0 Å². The van der Waals surface area contributed by atoms with Crippen LogP contribution in [0.25, 0.3) is 0 Å². The second kappa shape index (κ2) is 4.18. The fourth-order valence-corrected chi connectivity index (χ4v) is 0.844. The first kappa shape index (κ1) is 9.15. The van der Waals surface area contributed by atoms with Crippen LogP contribution in [0, 0.1) is 0 Å². The largest absolute Gasteiger partial charge is 0.366 e. The average molecular weight is 171 g/mol. The molecule has 5 nitrogen and oxygen atoms in total. The lowest BCUT2D eigenvalue weighted by atomic mass is 10.5. The molecular formula is C7H13N3O2. The highest BCUT2D eigenvalue weighted by Crippen LogP contribution is 1.96. The third-order valence-electron chi connectivity index (χ3n) is 1.24. The molecule has 1 rings (SSSR count). The van der Waals surface area contributed by atoms with Gasteiger partial charge in [-0.1, -0.05) is 0 Å². The number of nitrogens with zero attached hydrogens (tertiary/aromatic N) is 3. The van der Waals surface area contributed by atoms with Gasteiger partial charge < -0.3 is 9.84 Å². The lowest BCUT2D eigenvalue weighted by Gasteiger charge is -2.13. The fourth-order valence-electron chi connectivity index (χ4n) is 0.844. The van der Waals surface area contributed by atoms with Crippen molar-refractivity contribution >= 4 is 0 Å². The summed E-state index contributed by atoms with van der Waals surface area (Å²) in [6.07, 6.45) is 2.16. The quantitative estimate of drug-likeness (QED) is 0.649. The Bertz CT molecular complexity index is 210. The molecule has 0 aliphatic rings. The van der Waals surface area contributed by atoms with E-state index in [1.165, 1.54) is 17.3 Å². The van der Waals surface area contributed by atoms with Crippen LogP contribution in [0.2, 0.25) is 0 Å². The van der Waals surface area contributed by atoms with E-state index >= 15 is 0 Å². The van der Waals surface area contributed by atoms with Gasteiger partial charge in [-0.25, -0.2) is 9.67 Å². The number of hydrogen-bond acceptors (Lipinski definition) is 4. The maximum atomic E-state index is 9.28. The maximum absolute atomic E-state index is 9.28. The second-order valence-corrected chi connectivity index (χ2v) is 2.76. The Hall–Kier alpha value is -0.940. The van der Waals surface area contributed by atoms with Crippen LogP contribution in [0.1, 0.15) is 13.8 Å². The summed E-state index contributed by atoms with van der Waals surface area (Å²) in [5, 5.41) is 13.1. The molecule has 0 aliphatic heterocycles. The predicted molar refractivity (Wildman–Crippen MR) is 42.2 cm³/mol. The number of aromatic nitrogens is 3. The molecule has 0 amide bonds. The van der Waals surface area contributed by atoms with Crippen molar-refractivity contribution in [2.75, 3.05) is 0 Å². The zero-order valence-corrected chi connectivity index (χ0v) is 7.21. The number of ether oxygens (including phenoxy) is 1. The SMILES string of the molecule is CC(C)OC(O)Cn1cncn1. The highest BCUT2D eigenvalue weighted by Gasteiger charge is 2.06. The molecule has 1 atom stereocenters. The topological polar surface area (TPSA) is 60.2 Å². The van der Waals surface area contributed by atoms with Crippen molar-refractivity contribution < 1.29 is 9.84 Å². The minimum atomic E-state index is -0.813. The van der Waals surface area contributed by atoms with Crippen LogP contribution in [0.5, 0.6) is 0 Å². The zero-order valence-electron chi connectivity index (χ0n) is 7.21. The van der Waals surface area contributed by atoms with Crippen molar-refractivity contribution in [2.24, 2.45) is 0 Å². The normalized spacial score (nSPS) is 13.7. The van der Waals surface area contributed by atoms with Gasteiger partial charge >= 0.3 is 0 Å². The first-order valence-corrected chi connectivity index (χ1v) is 3.84. The van der Waals surface area contributed by atoms with Crippen LogP contribution in [-0.2, 0) is 11.3 Å². The van der Waals surface area contributed by atoms with E-state index in [1.54, 1.807) is 0 Å². The van der Waals surface area contributed by atoms with Gasteiger partial charge in [0.1, 0.15) is 12.7 Å². The molecule has 0 fully saturated rings. The van der Waals surface area contributed by atoms with Crippen LogP contribution in [0.4, 0.5) is 0 Å². The number of aliphatic hydroxyl groups is 1. The fraction of sp³-hybridized carbons (Fsp3) is 0.714. The third-order valence-corrected chi connectivity index (χ3v) is 1.24. The van der Waals surface area contributed by atoms with Gasteiger partial charge in [-0.2, -0.15) is 5.10 Å². The Labute approximate surface area is 71.0 Å². The summed E-state index contributed by atoms with van der Waals surface area (Å²) < 4.78 is 6.61. The van der Waals surface area contributed by atoms with E-state index in [1.807, 2.05) is 13.8 Å². The van der Waals surface area contributed by atoms with E-state index in [2.05, 4.69) is 10.1 Å². The van der Waals surface area contributed by atoms with Crippen LogP contribution in [0.15, 0.2) is 12.7 Å². The lowest BCUT2D eigenvalue weighted by Crippen LogP contribution is -2.23. The van der Waals surface area contributed by atoms with E-state index in [4.69, 9.17) is 4.74 Å². The molecule has 1 N–H and O–H groups in total.